The lowest BCUT2D eigenvalue weighted by molar-refractivity contribution is -0.157. The van der Waals surface area contributed by atoms with Crippen LogP contribution in [0.25, 0.3) is 11.1 Å². The van der Waals surface area contributed by atoms with Crippen molar-refractivity contribution in [3.8, 4) is 11.1 Å². The monoisotopic (exact) mass is 744 g/mol. The topological polar surface area (TPSA) is 187 Å². The predicted molar refractivity (Wildman–Crippen MR) is 198 cm³/mol. The Morgan fingerprint density at radius 2 is 1.28 bits per heavy atom. The van der Waals surface area contributed by atoms with Gasteiger partial charge in [0, 0.05) is 25.8 Å². The molecule has 3 aromatic carbocycles. The van der Waals surface area contributed by atoms with Crippen LogP contribution in [0.5, 0.6) is 0 Å². The van der Waals surface area contributed by atoms with Gasteiger partial charge in [-0.2, -0.15) is 0 Å². The molecule has 1 aliphatic carbocycles. The van der Waals surface area contributed by atoms with Gasteiger partial charge in [0.25, 0.3) is 0 Å². The van der Waals surface area contributed by atoms with Crippen LogP contribution in [0.2, 0.25) is 0 Å². The molecule has 0 bridgehead atoms. The van der Waals surface area contributed by atoms with Crippen molar-refractivity contribution in [3.63, 3.8) is 0 Å². The SMILES string of the molecule is CNC(=O)[C@H](CCC(=O)OCCNC(=O)CC[C@@H](NC(=O)OCC1c2ccccc2-c2ccccc21)C(=O)OC(C)(C)C)NC(=O)OCc1ccccc1. The van der Waals surface area contributed by atoms with Crippen LogP contribution >= 0.6 is 0 Å². The molecule has 0 aromatic heterocycles. The minimum absolute atomic E-state index is 0.0116. The largest absolute Gasteiger partial charge is 0.464 e. The second-order valence-corrected chi connectivity index (χ2v) is 13.6. The number of ether oxygens (including phenoxy) is 4. The number of amides is 4. The molecule has 0 fully saturated rings. The van der Waals surface area contributed by atoms with Gasteiger partial charge in [-0.15, -0.1) is 0 Å². The summed E-state index contributed by atoms with van der Waals surface area (Å²) in [5.41, 5.74) is 4.17. The van der Waals surface area contributed by atoms with Gasteiger partial charge in [-0.3, -0.25) is 14.4 Å². The minimum atomic E-state index is -1.17. The smallest absolute Gasteiger partial charge is 0.408 e. The van der Waals surface area contributed by atoms with Crippen molar-refractivity contribution in [2.45, 2.75) is 76.7 Å². The standard InChI is InChI=1S/C40H48N4O10/c1-40(2,3)54-37(48)33(44-39(50)53-25-31-29-16-10-8-14-27(29)28-15-9-11-17-30(28)31)18-20-34(45)42-22-23-51-35(46)21-19-32(36(47)41-4)43-38(49)52-24-26-12-6-5-7-13-26/h5-17,31-33H,18-25H2,1-4H3,(H,41,47)(H,42,45)(H,43,49)(H,44,50)/t32-,33+/m0/s1. The lowest BCUT2D eigenvalue weighted by Crippen LogP contribution is -2.46. The maximum absolute atomic E-state index is 13.0. The Balaban J connectivity index is 1.19. The first-order valence-corrected chi connectivity index (χ1v) is 17.8. The molecule has 4 N–H and O–H groups in total. The predicted octanol–water partition coefficient (Wildman–Crippen LogP) is 4.50. The Hall–Kier alpha value is -5.92. The Kier molecular flexibility index (Phi) is 15.0. The highest BCUT2D eigenvalue weighted by atomic mass is 16.6. The van der Waals surface area contributed by atoms with Crippen LogP contribution in [0, 0.1) is 0 Å². The fourth-order valence-corrected chi connectivity index (χ4v) is 5.81. The Morgan fingerprint density at radius 3 is 1.91 bits per heavy atom. The number of hydrogen-bond donors (Lipinski definition) is 4. The average molecular weight is 745 g/mol. The van der Waals surface area contributed by atoms with Gasteiger partial charge in [0.1, 0.15) is 37.5 Å². The van der Waals surface area contributed by atoms with E-state index in [4.69, 9.17) is 18.9 Å². The van der Waals surface area contributed by atoms with Crippen LogP contribution in [0.15, 0.2) is 78.9 Å². The quantitative estimate of drug-likeness (QED) is 0.0871. The highest BCUT2D eigenvalue weighted by Crippen LogP contribution is 2.44. The van der Waals surface area contributed by atoms with Crippen LogP contribution in [0.4, 0.5) is 9.59 Å². The van der Waals surface area contributed by atoms with E-state index in [1.165, 1.54) is 7.05 Å². The number of alkyl carbamates (subject to hydrolysis) is 2. The third-order valence-corrected chi connectivity index (χ3v) is 8.38. The van der Waals surface area contributed by atoms with E-state index in [9.17, 15) is 28.8 Å². The van der Waals surface area contributed by atoms with Crippen molar-refractivity contribution in [3.05, 3.63) is 95.6 Å². The molecule has 0 saturated heterocycles. The van der Waals surface area contributed by atoms with Gasteiger partial charge >= 0.3 is 24.1 Å². The zero-order valence-corrected chi connectivity index (χ0v) is 31.0. The van der Waals surface area contributed by atoms with Crippen molar-refractivity contribution < 1.29 is 47.7 Å². The molecular weight excluding hydrogens is 696 g/mol. The van der Waals surface area contributed by atoms with Gasteiger partial charge in [-0.1, -0.05) is 78.9 Å². The number of esters is 2. The molecule has 0 spiro atoms. The van der Waals surface area contributed by atoms with Crippen LogP contribution in [0.3, 0.4) is 0 Å². The summed E-state index contributed by atoms with van der Waals surface area (Å²) in [6.07, 6.45) is -2.10. The lowest BCUT2D eigenvalue weighted by Gasteiger charge is -2.24. The fraction of sp³-hybridized carbons (Fsp3) is 0.400. The van der Waals surface area contributed by atoms with Gasteiger partial charge in [-0.05, 0) is 61.4 Å². The normalized spacial score (nSPS) is 12.9. The van der Waals surface area contributed by atoms with Gasteiger partial charge < -0.3 is 40.2 Å². The molecule has 0 aliphatic heterocycles. The van der Waals surface area contributed by atoms with Gasteiger partial charge in [0.15, 0.2) is 0 Å². The van der Waals surface area contributed by atoms with E-state index in [1.807, 2.05) is 54.6 Å². The molecule has 288 valence electrons. The molecule has 3 aromatic rings. The molecule has 1 aliphatic rings. The summed E-state index contributed by atoms with van der Waals surface area (Å²) in [5.74, 6) is -2.50. The zero-order valence-electron chi connectivity index (χ0n) is 31.0. The zero-order chi connectivity index (χ0) is 39.1. The highest BCUT2D eigenvalue weighted by Gasteiger charge is 2.31. The van der Waals surface area contributed by atoms with Gasteiger partial charge in [0.2, 0.25) is 11.8 Å². The van der Waals surface area contributed by atoms with Crippen molar-refractivity contribution in [1.29, 1.82) is 0 Å². The number of fused-ring (bicyclic) bond motifs is 3. The number of nitrogens with one attached hydrogen (secondary N) is 4. The summed E-state index contributed by atoms with van der Waals surface area (Å²) in [5, 5.41) is 10.1. The molecule has 0 radical (unpaired) electrons. The molecule has 4 amide bonds. The first kappa shape index (κ1) is 40.8. The molecule has 0 heterocycles. The Labute approximate surface area is 314 Å². The van der Waals surface area contributed by atoms with Crippen molar-refractivity contribution in [1.82, 2.24) is 21.3 Å². The third kappa shape index (κ3) is 12.6. The Bertz CT molecular complexity index is 1730. The van der Waals surface area contributed by atoms with Gasteiger partial charge in [-0.25, -0.2) is 14.4 Å². The van der Waals surface area contributed by atoms with E-state index in [-0.39, 0.29) is 58.0 Å². The Morgan fingerprint density at radius 1 is 0.704 bits per heavy atom. The minimum Gasteiger partial charge on any atom is -0.464 e. The summed E-state index contributed by atoms with van der Waals surface area (Å²) >= 11 is 0. The second-order valence-electron chi connectivity index (χ2n) is 13.6. The van der Waals surface area contributed by atoms with Gasteiger partial charge in [0.05, 0.1) is 6.54 Å². The number of carbonyl (C=O) groups excluding carboxylic acids is 6. The van der Waals surface area contributed by atoms with E-state index >= 15 is 0 Å². The van der Waals surface area contributed by atoms with Crippen LogP contribution in [0.1, 0.15) is 69.1 Å². The van der Waals surface area contributed by atoms with Crippen molar-refractivity contribution in [2.75, 3.05) is 26.8 Å². The first-order chi connectivity index (χ1) is 25.8. The first-order valence-electron chi connectivity index (χ1n) is 17.8. The number of hydrogen-bond acceptors (Lipinski definition) is 10. The van der Waals surface area contributed by atoms with Crippen LogP contribution in [-0.2, 0) is 44.7 Å². The van der Waals surface area contributed by atoms with E-state index < -0.39 is 53.6 Å². The maximum Gasteiger partial charge on any atom is 0.408 e. The van der Waals surface area contributed by atoms with Crippen molar-refractivity contribution in [2.24, 2.45) is 0 Å². The van der Waals surface area contributed by atoms with Crippen LogP contribution < -0.4 is 21.3 Å². The molecule has 0 unspecified atom stereocenters. The molecule has 14 nitrogen and oxygen atoms in total. The molecule has 2 atom stereocenters. The molecule has 54 heavy (non-hydrogen) atoms. The van der Waals surface area contributed by atoms with Crippen LogP contribution in [-0.4, -0.2) is 80.4 Å². The maximum atomic E-state index is 13.0. The lowest BCUT2D eigenvalue weighted by atomic mass is 9.98. The molecular formula is C40H48N4O10. The highest BCUT2D eigenvalue weighted by molar-refractivity contribution is 5.86. The van der Waals surface area contributed by atoms with E-state index in [0.717, 1.165) is 27.8 Å². The molecule has 4 rings (SSSR count). The summed E-state index contributed by atoms with van der Waals surface area (Å²) < 4.78 is 21.4. The average Bonchev–Trinajstić information content (AvgIpc) is 3.47. The van der Waals surface area contributed by atoms with Crippen molar-refractivity contribution >= 4 is 35.9 Å². The summed E-state index contributed by atoms with van der Waals surface area (Å²) in [6, 6.07) is 22.7. The number of carbonyl (C=O) groups is 6. The molecule has 0 saturated carbocycles. The third-order valence-electron chi connectivity index (χ3n) is 8.38. The summed E-state index contributed by atoms with van der Waals surface area (Å²) in [6.45, 7) is 4.96. The van der Waals surface area contributed by atoms with E-state index in [0.29, 0.717) is 0 Å². The fourth-order valence-electron chi connectivity index (χ4n) is 5.81. The van der Waals surface area contributed by atoms with E-state index in [2.05, 4.69) is 21.3 Å². The second kappa shape index (κ2) is 19.8. The summed E-state index contributed by atoms with van der Waals surface area (Å²) in [7, 11) is 1.40. The molecule has 14 heteroatoms. The number of rotatable bonds is 17. The summed E-state index contributed by atoms with van der Waals surface area (Å²) in [4.78, 5) is 75.5. The number of benzene rings is 3. The number of likely N-dealkylation sites (N-methyl/N-ethyl adjacent to an activating group) is 1. The van der Waals surface area contributed by atoms with E-state index in [1.54, 1.807) is 45.0 Å².